The van der Waals surface area contributed by atoms with E-state index in [1.807, 2.05) is 0 Å². The van der Waals surface area contributed by atoms with E-state index in [9.17, 15) is 18.3 Å². The molecular formula is C6H10F3NOS2. The number of nitrogens with zero attached hydrogens (tertiary/aromatic N) is 1. The SMILES string of the molecule is OC1(C(F)(F)F)CCN(SS)CC1. The van der Waals surface area contributed by atoms with E-state index in [1.54, 1.807) is 4.31 Å². The molecule has 1 aliphatic heterocycles. The average molecular weight is 233 g/mol. The van der Waals surface area contributed by atoms with Gasteiger partial charge in [-0.15, -0.1) is 0 Å². The van der Waals surface area contributed by atoms with E-state index in [0.29, 0.717) is 0 Å². The van der Waals surface area contributed by atoms with Crippen LogP contribution in [-0.2, 0) is 0 Å². The van der Waals surface area contributed by atoms with Gasteiger partial charge < -0.3 is 5.11 Å². The minimum Gasteiger partial charge on any atom is -0.380 e. The van der Waals surface area contributed by atoms with Gasteiger partial charge in [0.25, 0.3) is 0 Å². The second kappa shape index (κ2) is 3.88. The van der Waals surface area contributed by atoms with Crippen LogP contribution in [0, 0.1) is 0 Å². The number of halogens is 3. The second-order valence-electron chi connectivity index (χ2n) is 3.04. The first kappa shape index (κ1) is 11.5. The number of hydrogen-bond donors (Lipinski definition) is 2. The van der Waals surface area contributed by atoms with Gasteiger partial charge in [-0.2, -0.15) is 13.2 Å². The zero-order valence-corrected chi connectivity index (χ0v) is 8.42. The molecule has 0 aliphatic carbocycles. The summed E-state index contributed by atoms with van der Waals surface area (Å²) in [6, 6.07) is 0. The molecule has 78 valence electrons. The number of aliphatic hydroxyl groups is 1. The van der Waals surface area contributed by atoms with Gasteiger partial charge in [-0.1, -0.05) is 11.7 Å². The van der Waals surface area contributed by atoms with Gasteiger partial charge in [0.2, 0.25) is 0 Å². The molecule has 1 rings (SSSR count). The first-order valence-corrected chi connectivity index (χ1v) is 5.57. The molecule has 0 amide bonds. The molecule has 0 saturated carbocycles. The summed E-state index contributed by atoms with van der Waals surface area (Å²) in [4.78, 5) is 0. The van der Waals surface area contributed by atoms with Crippen molar-refractivity contribution in [1.29, 1.82) is 0 Å². The van der Waals surface area contributed by atoms with Crippen LogP contribution in [0.15, 0.2) is 0 Å². The van der Waals surface area contributed by atoms with Gasteiger partial charge in [0.05, 0.1) is 0 Å². The molecule has 0 atom stereocenters. The van der Waals surface area contributed by atoms with Crippen molar-refractivity contribution in [3.63, 3.8) is 0 Å². The van der Waals surface area contributed by atoms with Crippen molar-refractivity contribution in [2.75, 3.05) is 13.1 Å². The molecule has 7 heteroatoms. The van der Waals surface area contributed by atoms with Gasteiger partial charge in [0.15, 0.2) is 5.60 Å². The Balaban J connectivity index is 2.57. The first-order valence-electron chi connectivity index (χ1n) is 3.75. The predicted molar refractivity (Wildman–Crippen MR) is 48.4 cm³/mol. The van der Waals surface area contributed by atoms with E-state index < -0.39 is 11.8 Å². The highest BCUT2D eigenvalue weighted by atomic mass is 33.1. The number of thiol groups is 1. The van der Waals surface area contributed by atoms with Crippen LogP contribution >= 0.6 is 22.6 Å². The van der Waals surface area contributed by atoms with E-state index in [1.165, 1.54) is 0 Å². The lowest BCUT2D eigenvalue weighted by Crippen LogP contribution is -2.51. The average Bonchev–Trinajstić information content (AvgIpc) is 2.04. The normalized spacial score (nSPS) is 24.7. The maximum Gasteiger partial charge on any atom is 0.417 e. The third-order valence-corrected chi connectivity index (χ3v) is 3.48. The zero-order valence-electron chi connectivity index (χ0n) is 6.71. The van der Waals surface area contributed by atoms with Crippen LogP contribution < -0.4 is 0 Å². The smallest absolute Gasteiger partial charge is 0.380 e. The summed E-state index contributed by atoms with van der Waals surface area (Å²) in [7, 11) is 1.11. The van der Waals surface area contributed by atoms with Crippen molar-refractivity contribution < 1.29 is 18.3 Å². The highest BCUT2D eigenvalue weighted by molar-refractivity contribution is 8.67. The quantitative estimate of drug-likeness (QED) is 0.410. The third-order valence-electron chi connectivity index (χ3n) is 2.19. The van der Waals surface area contributed by atoms with Crippen molar-refractivity contribution in [3.05, 3.63) is 0 Å². The third kappa shape index (κ3) is 2.45. The number of piperidine rings is 1. The molecule has 1 heterocycles. The maximum absolute atomic E-state index is 12.3. The molecule has 0 radical (unpaired) electrons. The molecular weight excluding hydrogens is 223 g/mol. The van der Waals surface area contributed by atoms with E-state index in [4.69, 9.17) is 0 Å². The highest BCUT2D eigenvalue weighted by Gasteiger charge is 2.54. The van der Waals surface area contributed by atoms with Crippen LogP contribution in [0.1, 0.15) is 12.8 Å². The molecule has 0 spiro atoms. The van der Waals surface area contributed by atoms with E-state index in [0.717, 1.165) is 11.0 Å². The molecule has 0 bridgehead atoms. The second-order valence-corrected chi connectivity index (χ2v) is 4.21. The Labute approximate surface area is 83.4 Å². The monoisotopic (exact) mass is 233 g/mol. The molecule has 1 aliphatic rings. The number of alkyl halides is 3. The van der Waals surface area contributed by atoms with Crippen molar-refractivity contribution in [1.82, 2.24) is 4.31 Å². The molecule has 13 heavy (non-hydrogen) atoms. The van der Waals surface area contributed by atoms with Crippen molar-refractivity contribution >= 4 is 22.6 Å². The topological polar surface area (TPSA) is 23.5 Å². The predicted octanol–water partition coefficient (Wildman–Crippen LogP) is 1.87. The zero-order chi connectivity index (χ0) is 10.1. The Morgan fingerprint density at radius 3 is 2.08 bits per heavy atom. The lowest BCUT2D eigenvalue weighted by Gasteiger charge is -2.37. The van der Waals surface area contributed by atoms with E-state index >= 15 is 0 Å². The lowest BCUT2D eigenvalue weighted by molar-refractivity contribution is -0.270. The molecule has 0 aromatic carbocycles. The van der Waals surface area contributed by atoms with Gasteiger partial charge in [0, 0.05) is 13.1 Å². The summed E-state index contributed by atoms with van der Waals surface area (Å²) >= 11 is 3.87. The van der Waals surface area contributed by atoms with Crippen LogP contribution in [0.3, 0.4) is 0 Å². The molecule has 0 aromatic heterocycles. The lowest BCUT2D eigenvalue weighted by atomic mass is 9.92. The Kier molecular flexibility index (Phi) is 3.43. The van der Waals surface area contributed by atoms with E-state index in [2.05, 4.69) is 11.7 Å². The molecule has 1 saturated heterocycles. The minimum absolute atomic E-state index is 0.212. The van der Waals surface area contributed by atoms with Crippen molar-refractivity contribution in [2.45, 2.75) is 24.6 Å². The Bertz CT molecular complexity index is 179. The van der Waals surface area contributed by atoms with Gasteiger partial charge >= 0.3 is 6.18 Å². The summed E-state index contributed by atoms with van der Waals surface area (Å²) in [5.74, 6) is 0. The minimum atomic E-state index is -4.51. The van der Waals surface area contributed by atoms with Crippen LogP contribution in [0.2, 0.25) is 0 Å². The van der Waals surface area contributed by atoms with Gasteiger partial charge in [-0.05, 0) is 23.8 Å². The molecule has 0 aromatic rings. The van der Waals surface area contributed by atoms with Crippen LogP contribution in [0.5, 0.6) is 0 Å². The Morgan fingerprint density at radius 2 is 1.77 bits per heavy atom. The molecule has 0 unspecified atom stereocenters. The maximum atomic E-state index is 12.3. The van der Waals surface area contributed by atoms with Crippen LogP contribution in [0.4, 0.5) is 13.2 Å². The Morgan fingerprint density at radius 1 is 1.31 bits per heavy atom. The summed E-state index contributed by atoms with van der Waals surface area (Å²) in [6.45, 7) is 0.425. The van der Waals surface area contributed by atoms with Crippen LogP contribution in [-0.4, -0.2) is 34.3 Å². The fourth-order valence-corrected chi connectivity index (χ4v) is 2.06. The van der Waals surface area contributed by atoms with Gasteiger partial charge in [0.1, 0.15) is 0 Å². The summed E-state index contributed by atoms with van der Waals surface area (Å²) in [5.41, 5.74) is -2.49. The van der Waals surface area contributed by atoms with Gasteiger partial charge in [-0.25, -0.2) is 4.31 Å². The summed E-state index contributed by atoms with van der Waals surface area (Å²) < 4.78 is 38.5. The molecule has 2 nitrogen and oxygen atoms in total. The fraction of sp³-hybridized carbons (Fsp3) is 1.00. The van der Waals surface area contributed by atoms with Crippen molar-refractivity contribution in [2.24, 2.45) is 0 Å². The summed E-state index contributed by atoms with van der Waals surface area (Å²) in [5, 5.41) is 9.24. The fourth-order valence-electron chi connectivity index (χ4n) is 1.22. The van der Waals surface area contributed by atoms with Crippen LogP contribution in [0.25, 0.3) is 0 Å². The highest BCUT2D eigenvalue weighted by Crippen LogP contribution is 2.39. The van der Waals surface area contributed by atoms with Crippen molar-refractivity contribution in [3.8, 4) is 0 Å². The largest absolute Gasteiger partial charge is 0.417 e. The standard InChI is InChI=1S/C6H10F3NOS2/c7-6(8,9)5(11)1-3-10(13-12)4-2-5/h11-12H,1-4H2. The molecule has 1 fully saturated rings. The number of hydrogen-bond acceptors (Lipinski definition) is 4. The Hall–Kier alpha value is 0.410. The summed E-state index contributed by atoms with van der Waals surface area (Å²) in [6.07, 6.45) is -5.06. The molecule has 1 N–H and O–H groups in total. The van der Waals surface area contributed by atoms with Gasteiger partial charge in [-0.3, -0.25) is 0 Å². The van der Waals surface area contributed by atoms with E-state index in [-0.39, 0.29) is 25.9 Å². The number of rotatable bonds is 1. The first-order chi connectivity index (χ1) is 5.89.